The molecule has 0 spiro atoms. The van der Waals surface area contributed by atoms with E-state index in [0.29, 0.717) is 0 Å². The number of aryl methyl sites for hydroxylation is 2. The molecule has 2 aliphatic heterocycles. The van der Waals surface area contributed by atoms with Gasteiger partial charge < -0.3 is 15.7 Å². The minimum atomic E-state index is 0. The Morgan fingerprint density at radius 1 is 0.500 bits per heavy atom. The molecule has 6 heteroatoms. The molecule has 2 aliphatic rings. The fourth-order valence-electron chi connectivity index (χ4n) is 4.63. The van der Waals surface area contributed by atoms with Crippen LogP contribution in [0.1, 0.15) is 33.9 Å². The zero-order valence-corrected chi connectivity index (χ0v) is 23.1. The molecule has 0 unspecified atom stereocenters. The Morgan fingerprint density at radius 3 is 1.38 bits per heavy atom. The molecule has 0 aliphatic carbocycles. The first-order valence-corrected chi connectivity index (χ1v) is 13.1. The number of nitrogen functional groups attached to an aromatic ring is 1. The number of anilines is 1. The summed E-state index contributed by atoms with van der Waals surface area (Å²) in [6, 6.07) is 34.9. The van der Waals surface area contributed by atoms with Crippen molar-refractivity contribution in [1.82, 2.24) is 19.9 Å². The molecule has 1 radical (unpaired) electrons. The van der Waals surface area contributed by atoms with E-state index in [9.17, 15) is 0 Å². The van der Waals surface area contributed by atoms with Crippen molar-refractivity contribution in [1.29, 1.82) is 0 Å². The number of fused-ring (bicyclic) bond motifs is 8. The van der Waals surface area contributed by atoms with Crippen LogP contribution < -0.4 is 5.73 Å². The molecule has 8 bridgehead atoms. The van der Waals surface area contributed by atoms with Crippen LogP contribution in [0.4, 0.5) is 5.69 Å². The second-order valence-electron chi connectivity index (χ2n) is 9.59. The van der Waals surface area contributed by atoms with Crippen LogP contribution in [0.5, 0.6) is 0 Å². The third kappa shape index (κ3) is 6.86. The van der Waals surface area contributed by atoms with E-state index in [1.54, 1.807) is 0 Å². The first kappa shape index (κ1) is 26.9. The normalized spacial score (nSPS) is 11.4. The number of hydrogen-bond donors (Lipinski definition) is 3. The predicted octanol–water partition coefficient (Wildman–Crippen LogP) is 7.71. The van der Waals surface area contributed by atoms with E-state index in [1.165, 1.54) is 11.1 Å². The van der Waals surface area contributed by atoms with E-state index < -0.39 is 0 Å². The molecule has 4 N–H and O–H groups in total. The molecule has 7 rings (SSSR count). The van der Waals surface area contributed by atoms with Gasteiger partial charge in [-0.05, 0) is 103 Å². The van der Waals surface area contributed by atoms with Gasteiger partial charge in [-0.3, -0.25) is 0 Å². The summed E-state index contributed by atoms with van der Waals surface area (Å²) in [7, 11) is 0. The van der Waals surface area contributed by atoms with Gasteiger partial charge in [0, 0.05) is 44.8 Å². The van der Waals surface area contributed by atoms with E-state index in [-0.39, 0.29) is 17.1 Å². The zero-order valence-electron chi connectivity index (χ0n) is 21.9. The van der Waals surface area contributed by atoms with Crippen molar-refractivity contribution in [2.45, 2.75) is 12.8 Å². The maximum atomic E-state index is 5.88. The van der Waals surface area contributed by atoms with Crippen LogP contribution in [0, 0.1) is 0 Å². The Kier molecular flexibility index (Phi) is 8.41. The number of aromatic amines is 2. The van der Waals surface area contributed by atoms with Gasteiger partial charge in [-0.15, -0.1) is 0 Å². The summed E-state index contributed by atoms with van der Waals surface area (Å²) in [4.78, 5) is 16.0. The summed E-state index contributed by atoms with van der Waals surface area (Å²) in [5, 5.41) is 0. The topological polar surface area (TPSA) is 83.4 Å². The van der Waals surface area contributed by atoms with Gasteiger partial charge in [0.25, 0.3) is 0 Å². The summed E-state index contributed by atoms with van der Waals surface area (Å²) in [6.45, 7) is 0. The minimum Gasteiger partial charge on any atom is -0.399 e. The van der Waals surface area contributed by atoms with Gasteiger partial charge in [0.15, 0.2) is 0 Å². The van der Waals surface area contributed by atoms with E-state index in [2.05, 4.69) is 74.5 Å². The van der Waals surface area contributed by atoms with Gasteiger partial charge in [-0.2, -0.15) is 0 Å². The van der Waals surface area contributed by atoms with Crippen molar-refractivity contribution >= 4 is 52.1 Å². The van der Waals surface area contributed by atoms with Crippen molar-refractivity contribution in [3.8, 4) is 0 Å². The molecular formula is C34H29MnN5. The molecule has 0 saturated heterocycles. The number of benzene rings is 2. The van der Waals surface area contributed by atoms with Gasteiger partial charge in [0.05, 0.1) is 22.8 Å². The average Bonchev–Trinajstić information content (AvgIpc) is 3.76. The molecule has 0 fully saturated rings. The summed E-state index contributed by atoms with van der Waals surface area (Å²) in [5.74, 6) is 0. The van der Waals surface area contributed by atoms with Gasteiger partial charge in [-0.25, -0.2) is 9.97 Å². The molecular weight excluding hydrogens is 533 g/mol. The van der Waals surface area contributed by atoms with Crippen molar-refractivity contribution in [2.75, 3.05) is 5.73 Å². The smallest absolute Gasteiger partial charge is 0.0658 e. The van der Waals surface area contributed by atoms with Gasteiger partial charge in [-0.1, -0.05) is 48.5 Å². The summed E-state index contributed by atoms with van der Waals surface area (Å²) < 4.78 is 0. The molecule has 2 aromatic carbocycles. The maximum Gasteiger partial charge on any atom is 0.0658 e. The van der Waals surface area contributed by atoms with Crippen LogP contribution in [0.2, 0.25) is 0 Å². The van der Waals surface area contributed by atoms with Crippen LogP contribution >= 0.6 is 0 Å². The van der Waals surface area contributed by atoms with Gasteiger partial charge in [0.1, 0.15) is 0 Å². The van der Waals surface area contributed by atoms with Crippen molar-refractivity contribution in [2.24, 2.45) is 0 Å². The minimum absolute atomic E-state index is 0. The Bertz CT molecular complexity index is 1660. The second kappa shape index (κ2) is 12.5. The number of aromatic nitrogens is 4. The summed E-state index contributed by atoms with van der Waals surface area (Å²) in [5.41, 5.74) is 17.2. The average molecular weight is 563 g/mol. The first-order chi connectivity index (χ1) is 19.2. The fraction of sp³-hybridized carbons (Fsp3) is 0.0588. The molecule has 5 aromatic rings. The number of nitrogens with one attached hydrogen (secondary N) is 2. The molecule has 0 atom stereocenters. The maximum absolute atomic E-state index is 5.88. The van der Waals surface area contributed by atoms with Gasteiger partial charge in [0.2, 0.25) is 0 Å². The molecule has 0 saturated carbocycles. The Hall–Kier alpha value is -4.64. The first-order valence-electron chi connectivity index (χ1n) is 13.1. The van der Waals surface area contributed by atoms with Crippen LogP contribution in [0.25, 0.3) is 46.4 Å². The number of nitrogens with two attached hydrogens (primary N) is 1. The van der Waals surface area contributed by atoms with E-state index in [1.807, 2.05) is 72.8 Å². The Balaban J connectivity index is 0.000000175. The third-order valence-corrected chi connectivity index (χ3v) is 6.62. The van der Waals surface area contributed by atoms with Gasteiger partial charge >= 0.3 is 0 Å². The zero-order chi connectivity index (χ0) is 26.4. The predicted molar refractivity (Wildman–Crippen MR) is 164 cm³/mol. The van der Waals surface area contributed by atoms with Crippen molar-refractivity contribution in [3.05, 3.63) is 137 Å². The fourth-order valence-corrected chi connectivity index (χ4v) is 4.63. The number of hydrogen-bond acceptors (Lipinski definition) is 3. The third-order valence-electron chi connectivity index (χ3n) is 6.62. The molecule has 40 heavy (non-hydrogen) atoms. The molecule has 197 valence electrons. The van der Waals surface area contributed by atoms with Crippen LogP contribution in [0.3, 0.4) is 0 Å². The number of nitrogens with zero attached hydrogens (tertiary/aromatic N) is 2. The Morgan fingerprint density at radius 2 is 0.925 bits per heavy atom. The van der Waals surface area contributed by atoms with Crippen molar-refractivity contribution < 1.29 is 17.1 Å². The summed E-state index contributed by atoms with van der Waals surface area (Å²) in [6.07, 6.45) is 10.2. The quantitative estimate of drug-likeness (QED) is 0.152. The molecule has 0 amide bonds. The number of para-hydroxylation sites is 1. The standard InChI is InChI=1S/C20H14N4.C14H15N.Mn/c1-2-14-10-16-5-6-18(23-16)12-20-8-7-19(24-20)11-17-4-3-15(22-17)9-13(1)21-14;15-14-9-5-4-8-13(14)11-10-12-6-2-1-3-7-12;/h1-12,21,24H;1-9H,10-11,15H2;. The van der Waals surface area contributed by atoms with Crippen LogP contribution in [-0.2, 0) is 29.9 Å². The molecule has 5 nitrogen and oxygen atoms in total. The Labute approximate surface area is 244 Å². The largest absolute Gasteiger partial charge is 0.399 e. The van der Waals surface area contributed by atoms with E-state index in [4.69, 9.17) is 5.73 Å². The molecule has 3 aromatic heterocycles. The van der Waals surface area contributed by atoms with Crippen LogP contribution in [0.15, 0.2) is 103 Å². The number of H-pyrrole nitrogens is 2. The van der Waals surface area contributed by atoms with E-state index >= 15 is 0 Å². The molecule has 5 heterocycles. The van der Waals surface area contributed by atoms with Crippen molar-refractivity contribution in [3.63, 3.8) is 0 Å². The number of rotatable bonds is 3. The SMILES string of the molecule is C1=Cc2cc3ccc(cc4nc(cc5ccc(cc1n2)[nH]5)C=C4)[nH]3.Nc1ccccc1CCc1ccccc1.[Mn]. The van der Waals surface area contributed by atoms with Crippen LogP contribution in [-0.4, -0.2) is 19.9 Å². The monoisotopic (exact) mass is 562 g/mol. The summed E-state index contributed by atoms with van der Waals surface area (Å²) >= 11 is 0. The second-order valence-corrected chi connectivity index (χ2v) is 9.59. The van der Waals surface area contributed by atoms with E-state index in [0.717, 1.165) is 63.4 Å².